The molecule has 0 spiro atoms. The molecule has 2 N–H and O–H groups in total. The van der Waals surface area contributed by atoms with E-state index in [0.29, 0.717) is 23.6 Å². The Labute approximate surface area is 192 Å². The minimum atomic E-state index is -0.591. The van der Waals surface area contributed by atoms with Crippen molar-refractivity contribution < 1.29 is 23.9 Å². The summed E-state index contributed by atoms with van der Waals surface area (Å²) in [7, 11) is 1.57. The summed E-state index contributed by atoms with van der Waals surface area (Å²) in [6.45, 7) is 0.516. The minimum Gasteiger partial charge on any atom is -0.452 e. The van der Waals surface area contributed by atoms with Gasteiger partial charge in [0.2, 0.25) is 5.91 Å². The van der Waals surface area contributed by atoms with Gasteiger partial charge in [0.25, 0.3) is 5.91 Å². The first kappa shape index (κ1) is 23.8. The Hall–Kier alpha value is -2.84. The third kappa shape index (κ3) is 6.83. The molecule has 8 heteroatoms. The maximum Gasteiger partial charge on any atom is 0.339 e. The third-order valence-corrected chi connectivity index (χ3v) is 6.21. The van der Waals surface area contributed by atoms with Gasteiger partial charge < -0.3 is 20.1 Å². The molecule has 32 heavy (non-hydrogen) atoms. The maximum atomic E-state index is 12.6. The molecule has 0 heterocycles. The van der Waals surface area contributed by atoms with Gasteiger partial charge >= 0.3 is 5.97 Å². The first-order valence-corrected chi connectivity index (χ1v) is 11.6. The summed E-state index contributed by atoms with van der Waals surface area (Å²) in [5.74, 6) is -0.910. The number of benzene rings is 2. The van der Waals surface area contributed by atoms with Crippen molar-refractivity contribution in [1.82, 2.24) is 10.6 Å². The zero-order chi connectivity index (χ0) is 22.8. The average molecular weight is 457 g/mol. The van der Waals surface area contributed by atoms with Crippen LogP contribution in [0.1, 0.15) is 40.4 Å². The van der Waals surface area contributed by atoms with E-state index in [1.165, 1.54) is 17.3 Å². The Morgan fingerprint density at radius 2 is 1.84 bits per heavy atom. The normalized spacial score (nSPS) is 14.8. The fraction of sp³-hybridized carbons (Fsp3) is 0.375. The zero-order valence-electron chi connectivity index (χ0n) is 18.1. The number of rotatable bonds is 10. The van der Waals surface area contributed by atoms with E-state index >= 15 is 0 Å². The molecule has 7 nitrogen and oxygen atoms in total. The SMILES string of the molecule is COCCNC(=O)CSc1ccccc1C(=O)OCC(=O)NC1CCCc2ccccc21. The van der Waals surface area contributed by atoms with E-state index in [9.17, 15) is 14.4 Å². The highest BCUT2D eigenvalue weighted by Gasteiger charge is 2.22. The van der Waals surface area contributed by atoms with Gasteiger partial charge in [-0.15, -0.1) is 11.8 Å². The molecule has 0 saturated carbocycles. The van der Waals surface area contributed by atoms with Crippen LogP contribution in [0, 0.1) is 0 Å². The van der Waals surface area contributed by atoms with Crippen molar-refractivity contribution in [3.05, 3.63) is 65.2 Å². The molecule has 0 saturated heterocycles. The number of thioether (sulfide) groups is 1. The van der Waals surface area contributed by atoms with Crippen molar-refractivity contribution in [3.8, 4) is 0 Å². The van der Waals surface area contributed by atoms with Crippen LogP contribution in [0.4, 0.5) is 0 Å². The van der Waals surface area contributed by atoms with E-state index in [-0.39, 0.29) is 30.2 Å². The van der Waals surface area contributed by atoms with E-state index in [0.717, 1.165) is 24.8 Å². The van der Waals surface area contributed by atoms with Crippen LogP contribution in [0.15, 0.2) is 53.4 Å². The fourth-order valence-corrected chi connectivity index (χ4v) is 4.47. The zero-order valence-corrected chi connectivity index (χ0v) is 18.9. The number of fused-ring (bicyclic) bond motifs is 1. The molecule has 0 bridgehead atoms. The molecule has 3 rings (SSSR count). The van der Waals surface area contributed by atoms with Gasteiger partial charge in [0.05, 0.1) is 24.0 Å². The average Bonchev–Trinajstić information content (AvgIpc) is 2.82. The topological polar surface area (TPSA) is 93.7 Å². The van der Waals surface area contributed by atoms with Crippen LogP contribution in [-0.2, 0) is 25.5 Å². The molecular weight excluding hydrogens is 428 g/mol. The molecule has 170 valence electrons. The number of hydrogen-bond acceptors (Lipinski definition) is 6. The van der Waals surface area contributed by atoms with E-state index in [1.807, 2.05) is 18.2 Å². The second-order valence-corrected chi connectivity index (χ2v) is 8.43. The maximum absolute atomic E-state index is 12.6. The van der Waals surface area contributed by atoms with Crippen molar-refractivity contribution in [2.24, 2.45) is 0 Å². The summed E-state index contributed by atoms with van der Waals surface area (Å²) < 4.78 is 10.2. The van der Waals surface area contributed by atoms with Gasteiger partial charge in [0, 0.05) is 18.6 Å². The van der Waals surface area contributed by atoms with Gasteiger partial charge in [-0.25, -0.2) is 4.79 Å². The lowest BCUT2D eigenvalue weighted by Gasteiger charge is -2.26. The lowest BCUT2D eigenvalue weighted by atomic mass is 9.88. The van der Waals surface area contributed by atoms with Crippen molar-refractivity contribution in [2.45, 2.75) is 30.2 Å². The van der Waals surface area contributed by atoms with Crippen molar-refractivity contribution in [2.75, 3.05) is 32.6 Å². The summed E-state index contributed by atoms with van der Waals surface area (Å²) in [6.07, 6.45) is 2.88. The van der Waals surface area contributed by atoms with Crippen LogP contribution in [0.3, 0.4) is 0 Å². The fourth-order valence-electron chi connectivity index (χ4n) is 3.60. The molecule has 1 aliphatic carbocycles. The Bertz CT molecular complexity index is 949. The van der Waals surface area contributed by atoms with E-state index < -0.39 is 5.97 Å². The van der Waals surface area contributed by atoms with Gasteiger partial charge in [0.1, 0.15) is 0 Å². The first-order valence-electron chi connectivity index (χ1n) is 10.6. The monoisotopic (exact) mass is 456 g/mol. The predicted molar refractivity (Wildman–Crippen MR) is 123 cm³/mol. The van der Waals surface area contributed by atoms with Gasteiger partial charge in [-0.1, -0.05) is 36.4 Å². The highest BCUT2D eigenvalue weighted by Crippen LogP contribution is 2.29. The molecule has 2 aromatic carbocycles. The number of aryl methyl sites for hydroxylation is 1. The van der Waals surface area contributed by atoms with Crippen molar-refractivity contribution in [1.29, 1.82) is 0 Å². The summed E-state index contributed by atoms with van der Waals surface area (Å²) in [5, 5.41) is 5.71. The number of methoxy groups -OCH3 is 1. The molecule has 2 amide bonds. The summed E-state index contributed by atoms with van der Waals surface area (Å²) in [6, 6.07) is 14.9. The summed E-state index contributed by atoms with van der Waals surface area (Å²) in [4.78, 5) is 37.5. The molecule has 0 radical (unpaired) electrons. The van der Waals surface area contributed by atoms with E-state index in [2.05, 4.69) is 16.7 Å². The summed E-state index contributed by atoms with van der Waals surface area (Å²) >= 11 is 1.24. The van der Waals surface area contributed by atoms with E-state index in [1.54, 1.807) is 31.4 Å². The molecule has 1 aliphatic rings. The smallest absolute Gasteiger partial charge is 0.339 e. The molecule has 0 aliphatic heterocycles. The predicted octanol–water partition coefficient (Wildman–Crippen LogP) is 2.89. The largest absolute Gasteiger partial charge is 0.452 e. The standard InChI is InChI=1S/C24H28N2O5S/c1-30-14-13-25-23(28)16-32-21-12-5-4-10-19(21)24(29)31-15-22(27)26-20-11-6-8-17-7-2-3-9-18(17)20/h2-5,7,9-10,12,20H,6,8,11,13-16H2,1H3,(H,25,28)(H,26,27). The van der Waals surface area contributed by atoms with Crippen LogP contribution < -0.4 is 10.6 Å². The minimum absolute atomic E-state index is 0.0642. The Morgan fingerprint density at radius 1 is 1.06 bits per heavy atom. The number of nitrogens with one attached hydrogen (secondary N) is 2. The highest BCUT2D eigenvalue weighted by atomic mass is 32.2. The van der Waals surface area contributed by atoms with Crippen LogP contribution in [0.25, 0.3) is 0 Å². The number of hydrogen-bond donors (Lipinski definition) is 2. The third-order valence-electron chi connectivity index (χ3n) is 5.13. The second kappa shape index (κ2) is 12.3. The number of amides is 2. The lowest BCUT2D eigenvalue weighted by molar-refractivity contribution is -0.125. The van der Waals surface area contributed by atoms with Crippen molar-refractivity contribution >= 4 is 29.5 Å². The molecule has 0 fully saturated rings. The van der Waals surface area contributed by atoms with Gasteiger partial charge in [-0.05, 0) is 42.5 Å². The molecule has 1 atom stereocenters. The number of esters is 1. The first-order chi connectivity index (χ1) is 15.6. The lowest BCUT2D eigenvalue weighted by Crippen LogP contribution is -2.34. The van der Waals surface area contributed by atoms with Gasteiger partial charge in [-0.2, -0.15) is 0 Å². The molecule has 1 unspecified atom stereocenters. The van der Waals surface area contributed by atoms with Crippen LogP contribution in [0.5, 0.6) is 0 Å². The number of carbonyl (C=O) groups excluding carboxylic acids is 3. The quantitative estimate of drug-likeness (QED) is 0.324. The van der Waals surface area contributed by atoms with Crippen LogP contribution >= 0.6 is 11.8 Å². The van der Waals surface area contributed by atoms with Crippen LogP contribution in [-0.4, -0.2) is 50.4 Å². The number of ether oxygens (including phenoxy) is 2. The number of carbonyl (C=O) groups is 3. The summed E-state index contributed by atoms with van der Waals surface area (Å²) in [5.41, 5.74) is 2.71. The second-order valence-electron chi connectivity index (χ2n) is 7.41. The van der Waals surface area contributed by atoms with Gasteiger partial charge in [0.15, 0.2) is 6.61 Å². The molecular formula is C24H28N2O5S. The highest BCUT2D eigenvalue weighted by molar-refractivity contribution is 8.00. The molecule has 0 aromatic heterocycles. The van der Waals surface area contributed by atoms with E-state index in [4.69, 9.17) is 9.47 Å². The molecule has 2 aromatic rings. The Kier molecular flexibility index (Phi) is 9.13. The Balaban J connectivity index is 1.51. The van der Waals surface area contributed by atoms with Crippen LogP contribution in [0.2, 0.25) is 0 Å². The van der Waals surface area contributed by atoms with Gasteiger partial charge in [-0.3, -0.25) is 9.59 Å². The van der Waals surface area contributed by atoms with Crippen molar-refractivity contribution in [3.63, 3.8) is 0 Å². The Morgan fingerprint density at radius 3 is 2.69 bits per heavy atom.